The minimum atomic E-state index is -0.330. The van der Waals surface area contributed by atoms with Crippen molar-refractivity contribution in [1.82, 2.24) is 0 Å². The van der Waals surface area contributed by atoms with Crippen molar-refractivity contribution in [2.24, 2.45) is 45.3 Å². The highest BCUT2D eigenvalue weighted by Crippen LogP contribution is 2.55. The first-order valence-electron chi connectivity index (χ1n) is 36.7. The molecule has 8 aromatic rings. The fourth-order valence-corrected chi connectivity index (χ4v) is 21.2. The maximum atomic E-state index is 14.5. The molecule has 12 heteroatoms. The number of carbonyl (C=O) groups is 2. The Morgan fingerprint density at radius 3 is 1.24 bits per heavy atom. The highest BCUT2D eigenvalue weighted by molar-refractivity contribution is 6.53. The number of ketones is 2. The number of hydrogen-bond acceptors (Lipinski definition) is 10. The molecule has 0 amide bonds. The molecular weight excluding hydrogens is 1210 g/mol. The number of Topliss-reactive ketones (excluding diaryl/α,β-unsaturated/α-hetero) is 2. The molecular formula is C86H98N8O4+2. The van der Waals surface area contributed by atoms with Crippen LogP contribution in [0.1, 0.15) is 184 Å². The zero-order valence-corrected chi connectivity index (χ0v) is 59.5. The predicted molar refractivity (Wildman–Crippen MR) is 399 cm³/mol. The van der Waals surface area contributed by atoms with Crippen molar-refractivity contribution in [1.29, 1.82) is 0 Å². The zero-order valence-electron chi connectivity index (χ0n) is 59.5. The molecule has 4 spiro atoms. The molecule has 6 aliphatic carbocycles. The maximum absolute atomic E-state index is 14.5. The Balaban J connectivity index is 0.000000147. The predicted octanol–water partition coefficient (Wildman–Crippen LogP) is 14.3. The number of aliphatic hydroxyl groups excluding tert-OH is 2. The lowest BCUT2D eigenvalue weighted by Crippen LogP contribution is -2.97. The van der Waals surface area contributed by atoms with Crippen LogP contribution in [0.2, 0.25) is 0 Å². The smallest absolute Gasteiger partial charge is 0.235 e. The van der Waals surface area contributed by atoms with Gasteiger partial charge in [0.1, 0.15) is 22.8 Å². The molecule has 0 saturated heterocycles. The van der Waals surface area contributed by atoms with Crippen LogP contribution in [0.3, 0.4) is 0 Å². The van der Waals surface area contributed by atoms with Crippen molar-refractivity contribution >= 4 is 111 Å². The minimum absolute atomic E-state index is 0.0830. The lowest BCUT2D eigenvalue weighted by Gasteiger charge is -2.51. The maximum Gasteiger partial charge on any atom is 0.235 e. The summed E-state index contributed by atoms with van der Waals surface area (Å²) in [4.78, 5) is 36.9. The van der Waals surface area contributed by atoms with Gasteiger partial charge in [-0.1, -0.05) is 168 Å². The molecule has 18 rings (SSSR count). The van der Waals surface area contributed by atoms with E-state index in [1.54, 1.807) is 0 Å². The topological polar surface area (TPSA) is 175 Å². The molecule has 0 bridgehead atoms. The number of rotatable bonds is 2. The van der Waals surface area contributed by atoms with Gasteiger partial charge in [0.05, 0.1) is 66.3 Å². The second-order valence-electron chi connectivity index (χ2n) is 35.7. The summed E-state index contributed by atoms with van der Waals surface area (Å²) in [5.74, 6) is 2.39. The van der Waals surface area contributed by atoms with Crippen LogP contribution in [-0.2, 0) is 9.59 Å². The lowest BCUT2D eigenvalue weighted by atomic mass is 9.67. The molecule has 4 unspecified atom stereocenters. The second-order valence-corrected chi connectivity index (χ2v) is 35.7. The van der Waals surface area contributed by atoms with Crippen molar-refractivity contribution in [3.05, 3.63) is 165 Å². The fraction of sp³-hybridized carbons (Fsp3) is 0.442. The molecule has 98 heavy (non-hydrogen) atoms. The summed E-state index contributed by atoms with van der Waals surface area (Å²) in [5.41, 5.74) is 9.11. The number of benzene rings is 8. The van der Waals surface area contributed by atoms with E-state index in [2.05, 4.69) is 222 Å². The molecule has 10 N–H and O–H groups in total. The number of allylic oxidation sites excluding steroid dienone is 4. The van der Waals surface area contributed by atoms with Crippen molar-refractivity contribution in [3.63, 3.8) is 0 Å². The van der Waals surface area contributed by atoms with Crippen molar-refractivity contribution in [2.75, 3.05) is 31.9 Å². The van der Waals surface area contributed by atoms with Crippen LogP contribution in [0.15, 0.2) is 133 Å². The summed E-state index contributed by atoms with van der Waals surface area (Å²) in [5, 5.41) is 59.7. The lowest BCUT2D eigenvalue weighted by molar-refractivity contribution is -0.593. The molecule has 4 fully saturated rings. The zero-order chi connectivity index (χ0) is 68.2. The van der Waals surface area contributed by atoms with Crippen LogP contribution in [0, 0.1) is 45.3 Å². The fourth-order valence-electron chi connectivity index (χ4n) is 21.2. The van der Waals surface area contributed by atoms with Crippen LogP contribution in [0.4, 0.5) is 34.1 Å². The van der Waals surface area contributed by atoms with Gasteiger partial charge in [-0.05, 0) is 167 Å². The number of anilines is 6. The molecule has 4 atom stereocenters. The van der Waals surface area contributed by atoms with Gasteiger partial charge in [-0.3, -0.25) is 9.59 Å². The average Bonchev–Trinajstić information content (AvgIpc) is 0.722. The van der Waals surface area contributed by atoms with Gasteiger partial charge in [-0.25, -0.2) is 9.98 Å². The van der Waals surface area contributed by atoms with Gasteiger partial charge in [0.25, 0.3) is 0 Å². The van der Waals surface area contributed by atoms with E-state index in [9.17, 15) is 19.8 Å². The largest absolute Gasteiger partial charge is 0.506 e. The minimum Gasteiger partial charge on any atom is -0.506 e. The SMILES string of the molecule is CC(C)(C)C1CCC2(CC1)Nc1cccc3ccc(C4=C(O)C(=c5ccc6cccc7c6c5=[NH+]C5(CCC(C(C)(C)C)CC5)N7)C4=O)c(c13)N2.CC1CC(C)(C)CC2(C1)Nc1cccc3ccc(C4=C(O)C(=c5ccc6cccc7c6c5=[NH+]C5(CC(C)CC(C)(C)C5)N7)C4=O)c(c13)N2. The van der Waals surface area contributed by atoms with E-state index in [1.165, 1.54) is 12.8 Å². The van der Waals surface area contributed by atoms with Crippen LogP contribution in [0.5, 0.6) is 0 Å². The molecule has 4 heterocycles. The molecule has 0 radical (unpaired) electrons. The number of carbonyl (C=O) groups excluding carboxylic acids is 2. The van der Waals surface area contributed by atoms with Crippen LogP contribution in [-0.4, -0.2) is 44.4 Å². The third kappa shape index (κ3) is 9.99. The van der Waals surface area contributed by atoms with E-state index in [-0.39, 0.29) is 67.4 Å². The van der Waals surface area contributed by atoms with Gasteiger partial charge in [0, 0.05) is 59.0 Å². The molecule has 10 aliphatic rings. The normalized spacial score (nSPS) is 26.7. The van der Waals surface area contributed by atoms with E-state index in [0.717, 1.165) is 187 Å². The van der Waals surface area contributed by atoms with E-state index in [4.69, 9.17) is 0 Å². The average molecular weight is 1310 g/mol. The monoisotopic (exact) mass is 1310 g/mol. The summed E-state index contributed by atoms with van der Waals surface area (Å²) in [6.45, 7) is 28.2. The summed E-state index contributed by atoms with van der Waals surface area (Å²) in [7, 11) is 0. The highest BCUT2D eigenvalue weighted by Gasteiger charge is 2.52. The van der Waals surface area contributed by atoms with Gasteiger partial charge >= 0.3 is 0 Å². The number of aliphatic hydroxyl groups is 2. The van der Waals surface area contributed by atoms with Gasteiger partial charge < -0.3 is 42.1 Å². The first-order valence-corrected chi connectivity index (χ1v) is 36.7. The van der Waals surface area contributed by atoms with E-state index in [1.807, 2.05) is 24.3 Å². The van der Waals surface area contributed by atoms with Gasteiger partial charge in [-0.2, -0.15) is 0 Å². The Labute approximate surface area is 575 Å². The highest BCUT2D eigenvalue weighted by atomic mass is 16.3. The quantitative estimate of drug-likeness (QED) is 0.0802. The molecule has 0 aromatic heterocycles. The molecule has 4 saturated carbocycles. The Morgan fingerprint density at radius 2 is 0.796 bits per heavy atom. The summed E-state index contributed by atoms with van der Waals surface area (Å²) in [6, 6.07) is 41.9. The standard InChI is InChI=1S/C44H50N4O2.C42H46N4O2/c1-41(2,3)27-17-21-43(22-18-27)45-31-11-7-9-25-13-15-29(37(47-43)33(25)31)35-39(49)36(40(35)50)30-16-14-26-10-8-12-32-34(26)38(30)48-44(46-32)23-19-28(20-24-44)42(4,5)6;1-23-17-39(3,4)21-41(19-23)43-29-11-7-9-25-13-15-27(35(45-41)31(25)29)33-37(47)34(38(33)48)28-16-14-26-10-8-12-30-32(26)36(28)46-42(44-30)20-24(2)18-40(5,6)22-42/h7-16,27-28,45-47,49H,17-24H2,1-6H3;7-16,23-24,43-45,47H,17-22H2,1-6H3/p+2. The first-order chi connectivity index (χ1) is 46.5. The number of nitrogens with one attached hydrogen (secondary N) is 8. The third-order valence-corrected chi connectivity index (χ3v) is 25.0. The summed E-state index contributed by atoms with van der Waals surface area (Å²) in [6.07, 6.45) is 14.8. The van der Waals surface area contributed by atoms with Crippen LogP contribution in [0.25, 0.3) is 65.4 Å². The number of hydrogen-bond donors (Lipinski definition) is 10. The van der Waals surface area contributed by atoms with Crippen LogP contribution >= 0.6 is 0 Å². The summed E-state index contributed by atoms with van der Waals surface area (Å²) >= 11 is 0. The third-order valence-electron chi connectivity index (χ3n) is 25.0. The Morgan fingerprint density at radius 1 is 0.408 bits per heavy atom. The molecule has 8 aromatic carbocycles. The Kier molecular flexibility index (Phi) is 13.7. The van der Waals surface area contributed by atoms with Crippen molar-refractivity contribution < 1.29 is 29.8 Å². The molecule has 12 nitrogen and oxygen atoms in total. The van der Waals surface area contributed by atoms with Gasteiger partial charge in [0.2, 0.25) is 33.6 Å². The van der Waals surface area contributed by atoms with E-state index < -0.39 is 0 Å². The molecule has 4 aliphatic heterocycles. The van der Waals surface area contributed by atoms with Gasteiger partial charge in [-0.15, -0.1) is 0 Å². The molecule has 504 valence electrons. The Bertz CT molecular complexity index is 5180. The second kappa shape index (κ2) is 21.4. The van der Waals surface area contributed by atoms with E-state index in [0.29, 0.717) is 46.0 Å². The van der Waals surface area contributed by atoms with Crippen molar-refractivity contribution in [3.8, 4) is 0 Å². The first kappa shape index (κ1) is 62.8. The van der Waals surface area contributed by atoms with Crippen LogP contribution < -0.4 is 63.0 Å². The van der Waals surface area contributed by atoms with Crippen molar-refractivity contribution in [2.45, 2.75) is 196 Å². The van der Waals surface area contributed by atoms with Gasteiger partial charge in [0.15, 0.2) is 0 Å². The summed E-state index contributed by atoms with van der Waals surface area (Å²) < 4.78 is 0. The van der Waals surface area contributed by atoms with E-state index >= 15 is 0 Å². The Hall–Kier alpha value is -8.64.